The number of rotatable bonds is 6. The van der Waals surface area contributed by atoms with Crippen molar-refractivity contribution >= 4 is 29.0 Å². The Morgan fingerprint density at radius 1 is 1.44 bits per heavy atom. The topological polar surface area (TPSA) is 92.7 Å². The molecule has 0 radical (unpaired) electrons. The van der Waals surface area contributed by atoms with Crippen LogP contribution in [0.5, 0.6) is 0 Å². The zero-order chi connectivity index (χ0) is 13.7. The van der Waals surface area contributed by atoms with Crippen molar-refractivity contribution < 1.29 is 9.59 Å². The Labute approximate surface area is 112 Å². The maximum absolute atomic E-state index is 11.9. The molecule has 1 aliphatic rings. The number of nitrogens with zero attached hydrogens (tertiary/aromatic N) is 2. The molecule has 7 heteroatoms. The fraction of sp³-hybridized carbons (Fsp3) is 0.727. The first-order valence-electron chi connectivity index (χ1n) is 5.97. The van der Waals surface area contributed by atoms with E-state index >= 15 is 0 Å². The van der Waals surface area contributed by atoms with Crippen LogP contribution in [0.15, 0.2) is 0 Å². The molecule has 102 valence electrons. The van der Waals surface area contributed by atoms with Gasteiger partial charge in [0.15, 0.2) is 0 Å². The molecule has 6 nitrogen and oxygen atoms in total. The second-order valence-electron chi connectivity index (χ2n) is 4.56. The standard InChI is InChI=1S/C11H20N4O2S/c1-14(6-4-9(12)18)10(16)7-15-5-2-3-8(15)11(13)17/h8H,2-7H2,1H3,(H2,12,18)(H2,13,17). The number of primary amides is 1. The number of amides is 2. The van der Waals surface area contributed by atoms with Crippen molar-refractivity contribution in [3.63, 3.8) is 0 Å². The molecule has 0 saturated carbocycles. The summed E-state index contributed by atoms with van der Waals surface area (Å²) in [6.07, 6.45) is 2.15. The molecule has 0 aliphatic carbocycles. The molecular formula is C11H20N4O2S. The van der Waals surface area contributed by atoms with E-state index in [9.17, 15) is 9.59 Å². The Kier molecular flexibility index (Phi) is 5.49. The molecule has 0 aromatic heterocycles. The first kappa shape index (κ1) is 14.8. The minimum Gasteiger partial charge on any atom is -0.393 e. The van der Waals surface area contributed by atoms with Crippen LogP contribution in [0.4, 0.5) is 0 Å². The molecule has 4 N–H and O–H groups in total. The minimum absolute atomic E-state index is 0.0422. The lowest BCUT2D eigenvalue weighted by Gasteiger charge is -2.24. The summed E-state index contributed by atoms with van der Waals surface area (Å²) >= 11 is 4.77. The number of thiocarbonyl (C=S) groups is 1. The Morgan fingerprint density at radius 2 is 2.11 bits per heavy atom. The van der Waals surface area contributed by atoms with Gasteiger partial charge < -0.3 is 16.4 Å². The summed E-state index contributed by atoms with van der Waals surface area (Å²) in [6.45, 7) is 1.47. The van der Waals surface area contributed by atoms with Gasteiger partial charge in [-0.1, -0.05) is 12.2 Å². The fourth-order valence-electron chi connectivity index (χ4n) is 2.03. The summed E-state index contributed by atoms with van der Waals surface area (Å²) in [6, 6.07) is -0.307. The smallest absolute Gasteiger partial charge is 0.236 e. The van der Waals surface area contributed by atoms with Gasteiger partial charge in [0, 0.05) is 20.0 Å². The summed E-state index contributed by atoms with van der Waals surface area (Å²) in [5.41, 5.74) is 10.7. The molecule has 1 unspecified atom stereocenters. The zero-order valence-electron chi connectivity index (χ0n) is 10.6. The van der Waals surface area contributed by atoms with Crippen molar-refractivity contribution in [3.8, 4) is 0 Å². The second-order valence-corrected chi connectivity index (χ2v) is 5.09. The van der Waals surface area contributed by atoms with Gasteiger partial charge in [-0.25, -0.2) is 0 Å². The highest BCUT2D eigenvalue weighted by atomic mass is 32.1. The molecule has 1 fully saturated rings. The quantitative estimate of drug-likeness (QED) is 0.609. The SMILES string of the molecule is CN(CCC(N)=S)C(=O)CN1CCCC1C(N)=O. The molecule has 0 bridgehead atoms. The third kappa shape index (κ3) is 4.23. The number of carbonyl (C=O) groups is 2. The Balaban J connectivity index is 2.43. The lowest BCUT2D eigenvalue weighted by molar-refractivity contribution is -0.132. The predicted molar refractivity (Wildman–Crippen MR) is 72.8 cm³/mol. The first-order valence-corrected chi connectivity index (χ1v) is 6.38. The number of likely N-dealkylation sites (tertiary alicyclic amines) is 1. The van der Waals surface area contributed by atoms with Crippen molar-refractivity contribution in [1.82, 2.24) is 9.80 Å². The van der Waals surface area contributed by atoms with Gasteiger partial charge >= 0.3 is 0 Å². The molecule has 1 rings (SSSR count). The van der Waals surface area contributed by atoms with Gasteiger partial charge in [0.1, 0.15) is 0 Å². The van der Waals surface area contributed by atoms with Crippen LogP contribution in [0.1, 0.15) is 19.3 Å². The van der Waals surface area contributed by atoms with Gasteiger partial charge in [-0.2, -0.15) is 0 Å². The van der Waals surface area contributed by atoms with Crippen LogP contribution in [0, 0.1) is 0 Å². The molecule has 1 aliphatic heterocycles. The number of nitrogens with two attached hydrogens (primary N) is 2. The highest BCUT2D eigenvalue weighted by Gasteiger charge is 2.30. The summed E-state index contributed by atoms with van der Waals surface area (Å²) in [5, 5.41) is 0. The highest BCUT2D eigenvalue weighted by Crippen LogP contribution is 2.16. The van der Waals surface area contributed by atoms with Crippen molar-refractivity contribution in [2.24, 2.45) is 11.5 Å². The number of likely N-dealkylation sites (N-methyl/N-ethyl adjacent to an activating group) is 1. The van der Waals surface area contributed by atoms with Crippen molar-refractivity contribution in [1.29, 1.82) is 0 Å². The average molecular weight is 272 g/mol. The molecule has 2 amide bonds. The van der Waals surface area contributed by atoms with Crippen LogP contribution in [0.3, 0.4) is 0 Å². The van der Waals surface area contributed by atoms with E-state index in [1.54, 1.807) is 11.9 Å². The zero-order valence-corrected chi connectivity index (χ0v) is 11.4. The molecule has 1 atom stereocenters. The number of hydrogen-bond acceptors (Lipinski definition) is 4. The molecule has 18 heavy (non-hydrogen) atoms. The monoisotopic (exact) mass is 272 g/mol. The van der Waals surface area contributed by atoms with Gasteiger partial charge in [-0.3, -0.25) is 14.5 Å². The largest absolute Gasteiger partial charge is 0.393 e. The van der Waals surface area contributed by atoms with Crippen molar-refractivity contribution in [2.45, 2.75) is 25.3 Å². The van der Waals surface area contributed by atoms with E-state index in [4.69, 9.17) is 23.7 Å². The van der Waals surface area contributed by atoms with Crippen molar-refractivity contribution in [3.05, 3.63) is 0 Å². The van der Waals surface area contributed by atoms with Crippen LogP contribution in [-0.4, -0.2) is 59.3 Å². The van der Waals surface area contributed by atoms with Crippen molar-refractivity contribution in [2.75, 3.05) is 26.7 Å². The van der Waals surface area contributed by atoms with Crippen LogP contribution < -0.4 is 11.5 Å². The number of hydrogen-bond donors (Lipinski definition) is 2. The lowest BCUT2D eigenvalue weighted by Crippen LogP contribution is -2.46. The normalized spacial score (nSPS) is 19.7. The molecule has 1 heterocycles. The Bertz CT molecular complexity index is 348. The number of carbonyl (C=O) groups excluding carboxylic acids is 2. The van der Waals surface area contributed by atoms with Crippen LogP contribution >= 0.6 is 12.2 Å². The molecular weight excluding hydrogens is 252 g/mol. The maximum Gasteiger partial charge on any atom is 0.236 e. The summed E-state index contributed by atoms with van der Waals surface area (Å²) in [7, 11) is 1.70. The maximum atomic E-state index is 11.9. The van der Waals surface area contributed by atoms with E-state index in [2.05, 4.69) is 0 Å². The summed E-state index contributed by atoms with van der Waals surface area (Å²) in [5.74, 6) is -0.398. The Morgan fingerprint density at radius 3 is 2.67 bits per heavy atom. The van der Waals surface area contributed by atoms with Gasteiger partial charge in [0.05, 0.1) is 17.6 Å². The highest BCUT2D eigenvalue weighted by molar-refractivity contribution is 7.80. The van der Waals surface area contributed by atoms with Gasteiger partial charge in [-0.15, -0.1) is 0 Å². The van der Waals surface area contributed by atoms with E-state index in [0.717, 1.165) is 19.4 Å². The molecule has 1 saturated heterocycles. The van der Waals surface area contributed by atoms with E-state index in [1.165, 1.54) is 0 Å². The average Bonchev–Trinajstić information content (AvgIpc) is 2.73. The molecule has 0 spiro atoms. The first-order chi connectivity index (χ1) is 8.41. The van der Waals surface area contributed by atoms with Crippen LogP contribution in [0.2, 0.25) is 0 Å². The van der Waals surface area contributed by atoms with Gasteiger partial charge in [-0.05, 0) is 19.4 Å². The van der Waals surface area contributed by atoms with Crippen LogP contribution in [0.25, 0.3) is 0 Å². The summed E-state index contributed by atoms with van der Waals surface area (Å²) in [4.78, 5) is 26.9. The van der Waals surface area contributed by atoms with Gasteiger partial charge in [0.2, 0.25) is 11.8 Å². The van der Waals surface area contributed by atoms with E-state index in [0.29, 0.717) is 18.0 Å². The minimum atomic E-state index is -0.355. The Hall–Kier alpha value is -1.21. The van der Waals surface area contributed by atoms with Gasteiger partial charge in [0.25, 0.3) is 0 Å². The summed E-state index contributed by atoms with van der Waals surface area (Å²) < 4.78 is 0. The van der Waals surface area contributed by atoms with Crippen LogP contribution in [-0.2, 0) is 9.59 Å². The van der Waals surface area contributed by atoms with E-state index < -0.39 is 0 Å². The second kappa shape index (κ2) is 6.65. The predicted octanol–water partition coefficient (Wildman–Crippen LogP) is -0.929. The molecule has 0 aromatic carbocycles. The lowest BCUT2D eigenvalue weighted by atomic mass is 10.2. The molecule has 0 aromatic rings. The third-order valence-electron chi connectivity index (χ3n) is 3.15. The van der Waals surface area contributed by atoms with E-state index in [-0.39, 0.29) is 24.4 Å². The fourth-order valence-corrected chi connectivity index (χ4v) is 2.13. The van der Waals surface area contributed by atoms with E-state index in [1.807, 2.05) is 4.90 Å². The third-order valence-corrected chi connectivity index (χ3v) is 3.35.